The lowest BCUT2D eigenvalue weighted by atomic mass is 9.94. The van der Waals surface area contributed by atoms with Gasteiger partial charge in [-0.2, -0.15) is 11.8 Å². The Labute approximate surface area is 119 Å². The molecule has 0 aromatic carbocycles. The molecule has 1 fully saturated rings. The molecule has 102 valence electrons. The first-order chi connectivity index (χ1) is 8.43. The predicted octanol–water partition coefficient (Wildman–Crippen LogP) is 1.53. The third-order valence-corrected chi connectivity index (χ3v) is 4.73. The smallest absolute Gasteiger partial charge is 0.133 e. The summed E-state index contributed by atoms with van der Waals surface area (Å²) in [5.74, 6) is 5.66. The van der Waals surface area contributed by atoms with Crippen LogP contribution in [0.15, 0.2) is 0 Å². The molecule has 0 radical (unpaired) electrons. The van der Waals surface area contributed by atoms with Crippen molar-refractivity contribution >= 4 is 24.2 Å². The van der Waals surface area contributed by atoms with Crippen molar-refractivity contribution in [2.24, 2.45) is 5.92 Å². The zero-order chi connectivity index (χ0) is 11.5. The van der Waals surface area contributed by atoms with Crippen LogP contribution < -0.4 is 5.32 Å². The molecule has 2 aliphatic rings. The zero-order valence-electron chi connectivity index (χ0n) is 10.6. The maximum atomic E-state index is 4.42. The molecule has 3 heterocycles. The lowest BCUT2D eigenvalue weighted by Crippen LogP contribution is -2.29. The van der Waals surface area contributed by atoms with Crippen LogP contribution in [-0.2, 0) is 19.4 Å². The van der Waals surface area contributed by atoms with Crippen LogP contribution in [-0.4, -0.2) is 39.4 Å². The molecule has 0 saturated carbocycles. The fraction of sp³-hybridized carbons (Fsp3) is 0.833. The van der Waals surface area contributed by atoms with E-state index in [1.54, 1.807) is 0 Å². The summed E-state index contributed by atoms with van der Waals surface area (Å²) >= 11 is 2.03. The number of piperidine rings is 1. The van der Waals surface area contributed by atoms with E-state index >= 15 is 0 Å². The van der Waals surface area contributed by atoms with E-state index in [0.717, 1.165) is 25.3 Å². The number of nitrogens with one attached hydrogen (secondary N) is 1. The van der Waals surface area contributed by atoms with Gasteiger partial charge in [0.25, 0.3) is 0 Å². The monoisotopic (exact) mass is 288 g/mol. The second-order valence-electron chi connectivity index (χ2n) is 4.94. The molecule has 1 aromatic heterocycles. The highest BCUT2D eigenvalue weighted by molar-refractivity contribution is 7.99. The molecule has 6 heteroatoms. The minimum Gasteiger partial charge on any atom is -0.317 e. The van der Waals surface area contributed by atoms with Gasteiger partial charge in [-0.3, -0.25) is 0 Å². The van der Waals surface area contributed by atoms with Crippen molar-refractivity contribution in [1.82, 2.24) is 20.1 Å². The molecule has 0 spiro atoms. The fourth-order valence-corrected chi connectivity index (χ4v) is 3.57. The molecule has 0 amide bonds. The van der Waals surface area contributed by atoms with Crippen molar-refractivity contribution in [2.45, 2.75) is 32.2 Å². The fourth-order valence-electron chi connectivity index (χ4n) is 2.73. The van der Waals surface area contributed by atoms with Crippen LogP contribution in [0, 0.1) is 5.92 Å². The Morgan fingerprint density at radius 1 is 1.22 bits per heavy atom. The summed E-state index contributed by atoms with van der Waals surface area (Å²) in [6, 6.07) is 0. The topological polar surface area (TPSA) is 42.7 Å². The average molecular weight is 289 g/mol. The van der Waals surface area contributed by atoms with Gasteiger partial charge in [-0.25, -0.2) is 0 Å². The molecular weight excluding hydrogens is 268 g/mol. The lowest BCUT2D eigenvalue weighted by molar-refractivity contribution is 0.363. The molecule has 2 aliphatic heterocycles. The largest absolute Gasteiger partial charge is 0.317 e. The molecule has 0 bridgehead atoms. The number of aromatic nitrogens is 3. The summed E-state index contributed by atoms with van der Waals surface area (Å²) in [5, 5.41) is 12.2. The number of rotatable bonds is 2. The molecule has 0 atom stereocenters. The Balaban J connectivity index is 0.00000120. The highest BCUT2D eigenvalue weighted by Gasteiger charge is 2.19. The first-order valence-electron chi connectivity index (χ1n) is 6.63. The molecule has 1 saturated heterocycles. The van der Waals surface area contributed by atoms with E-state index in [9.17, 15) is 0 Å². The number of hydrogen-bond donors (Lipinski definition) is 1. The summed E-state index contributed by atoms with van der Waals surface area (Å²) in [6.07, 6.45) is 4.79. The Hall–Kier alpha value is -0.260. The van der Waals surface area contributed by atoms with E-state index in [4.69, 9.17) is 0 Å². The van der Waals surface area contributed by atoms with Crippen molar-refractivity contribution in [2.75, 3.05) is 24.6 Å². The molecule has 1 aromatic rings. The molecular formula is C12H21ClN4S. The molecule has 4 nitrogen and oxygen atoms in total. The summed E-state index contributed by atoms with van der Waals surface area (Å²) < 4.78 is 2.38. The standard InChI is InChI=1S/C12H20N4S.ClH/c1-4-13-5-2-10(1)9-12-15-14-11-3-7-17-8-6-16(11)12;/h10,13H,1-9H2;1H. The number of fused-ring (bicyclic) bond motifs is 1. The van der Waals surface area contributed by atoms with Crippen LogP contribution >= 0.6 is 24.2 Å². The normalized spacial score (nSPS) is 20.9. The van der Waals surface area contributed by atoms with Crippen LogP contribution in [0.25, 0.3) is 0 Å². The summed E-state index contributed by atoms with van der Waals surface area (Å²) in [5.41, 5.74) is 0. The molecule has 18 heavy (non-hydrogen) atoms. The quantitative estimate of drug-likeness (QED) is 0.896. The van der Waals surface area contributed by atoms with Gasteiger partial charge in [0, 0.05) is 30.9 Å². The van der Waals surface area contributed by atoms with Gasteiger partial charge in [-0.05, 0) is 31.8 Å². The first-order valence-corrected chi connectivity index (χ1v) is 7.78. The van der Waals surface area contributed by atoms with Crippen LogP contribution in [0.4, 0.5) is 0 Å². The van der Waals surface area contributed by atoms with Crippen LogP contribution in [0.1, 0.15) is 24.5 Å². The second kappa shape index (κ2) is 6.78. The maximum absolute atomic E-state index is 4.42. The zero-order valence-corrected chi connectivity index (χ0v) is 12.2. The van der Waals surface area contributed by atoms with Gasteiger partial charge in [-0.15, -0.1) is 22.6 Å². The highest BCUT2D eigenvalue weighted by atomic mass is 35.5. The van der Waals surface area contributed by atoms with E-state index in [2.05, 4.69) is 20.1 Å². The Morgan fingerprint density at radius 2 is 2.06 bits per heavy atom. The number of aryl methyl sites for hydroxylation is 1. The van der Waals surface area contributed by atoms with E-state index in [1.165, 1.54) is 49.1 Å². The van der Waals surface area contributed by atoms with Crippen LogP contribution in [0.2, 0.25) is 0 Å². The van der Waals surface area contributed by atoms with Gasteiger partial charge in [0.1, 0.15) is 11.6 Å². The molecule has 0 aliphatic carbocycles. The summed E-state index contributed by atoms with van der Waals surface area (Å²) in [7, 11) is 0. The Morgan fingerprint density at radius 3 is 2.89 bits per heavy atom. The Bertz CT molecular complexity index is 376. The second-order valence-corrected chi connectivity index (χ2v) is 6.17. The minimum atomic E-state index is 0. The minimum absolute atomic E-state index is 0. The van der Waals surface area contributed by atoms with Gasteiger partial charge in [0.05, 0.1) is 0 Å². The number of thioether (sulfide) groups is 1. The summed E-state index contributed by atoms with van der Waals surface area (Å²) in [4.78, 5) is 0. The molecule has 0 unspecified atom stereocenters. The Kier molecular flexibility index (Phi) is 5.33. The van der Waals surface area contributed by atoms with Gasteiger partial charge >= 0.3 is 0 Å². The number of hydrogen-bond acceptors (Lipinski definition) is 4. The molecule has 1 N–H and O–H groups in total. The van der Waals surface area contributed by atoms with Crippen LogP contribution in [0.5, 0.6) is 0 Å². The van der Waals surface area contributed by atoms with E-state index in [-0.39, 0.29) is 12.4 Å². The SMILES string of the molecule is C1CC(Cc2nnc3n2CCSCC3)CCN1.Cl. The van der Waals surface area contributed by atoms with Gasteiger partial charge < -0.3 is 9.88 Å². The van der Waals surface area contributed by atoms with Crippen LogP contribution in [0.3, 0.4) is 0 Å². The highest BCUT2D eigenvalue weighted by Crippen LogP contribution is 2.20. The maximum Gasteiger partial charge on any atom is 0.133 e. The lowest BCUT2D eigenvalue weighted by Gasteiger charge is -2.22. The predicted molar refractivity (Wildman–Crippen MR) is 77.6 cm³/mol. The summed E-state index contributed by atoms with van der Waals surface area (Å²) in [6.45, 7) is 3.44. The van der Waals surface area contributed by atoms with Gasteiger partial charge in [0.15, 0.2) is 0 Å². The van der Waals surface area contributed by atoms with Crippen molar-refractivity contribution in [3.63, 3.8) is 0 Å². The van der Waals surface area contributed by atoms with E-state index in [1.807, 2.05) is 11.8 Å². The number of nitrogens with zero attached hydrogens (tertiary/aromatic N) is 3. The third kappa shape index (κ3) is 3.19. The van der Waals surface area contributed by atoms with Crippen molar-refractivity contribution in [3.05, 3.63) is 11.6 Å². The van der Waals surface area contributed by atoms with E-state index in [0.29, 0.717) is 0 Å². The number of halogens is 1. The van der Waals surface area contributed by atoms with Crippen molar-refractivity contribution in [1.29, 1.82) is 0 Å². The van der Waals surface area contributed by atoms with E-state index < -0.39 is 0 Å². The van der Waals surface area contributed by atoms with Gasteiger partial charge in [0.2, 0.25) is 0 Å². The first kappa shape index (κ1) is 14.2. The van der Waals surface area contributed by atoms with Gasteiger partial charge in [-0.1, -0.05) is 0 Å². The third-order valence-electron chi connectivity index (χ3n) is 3.76. The van der Waals surface area contributed by atoms with Crippen molar-refractivity contribution in [3.8, 4) is 0 Å². The van der Waals surface area contributed by atoms with Crippen molar-refractivity contribution < 1.29 is 0 Å². The molecule has 3 rings (SSSR count). The average Bonchev–Trinajstić information content (AvgIpc) is 2.61.